The van der Waals surface area contributed by atoms with Crippen LogP contribution < -0.4 is 0 Å². The average molecular weight is 415 g/mol. The number of aryl methyl sites for hydroxylation is 1. The number of hydrogen-bond donors (Lipinski definition) is 1. The molecule has 2 aromatic carbocycles. The number of rotatable bonds is 12. The molecule has 0 bridgehead atoms. The standard InChI is InChI=1S/C26H42O2Si/c1-26(2,3)29(4,5)28-18-12-10-8-6-7-9-11-13-22-14-16-24-17-15-23(21-27)20-25(24)19-22/h14-17,19-20,27H,6-13,18,21H2,1-5H3. The van der Waals surface area contributed by atoms with Crippen molar-refractivity contribution < 1.29 is 9.53 Å². The van der Waals surface area contributed by atoms with Crippen molar-refractivity contribution in [3.8, 4) is 0 Å². The van der Waals surface area contributed by atoms with Crippen LogP contribution in [0.2, 0.25) is 18.1 Å². The molecular weight excluding hydrogens is 372 g/mol. The van der Waals surface area contributed by atoms with Gasteiger partial charge in [-0.2, -0.15) is 0 Å². The molecule has 0 spiro atoms. The molecule has 0 heterocycles. The van der Waals surface area contributed by atoms with Crippen LogP contribution in [0.4, 0.5) is 0 Å². The molecule has 2 aromatic rings. The molecule has 2 nitrogen and oxygen atoms in total. The van der Waals surface area contributed by atoms with E-state index in [-0.39, 0.29) is 6.61 Å². The van der Waals surface area contributed by atoms with Crippen LogP contribution in [-0.4, -0.2) is 20.0 Å². The minimum Gasteiger partial charge on any atom is -0.417 e. The summed E-state index contributed by atoms with van der Waals surface area (Å²) in [4.78, 5) is 0. The minimum atomic E-state index is -1.56. The van der Waals surface area contributed by atoms with E-state index in [0.29, 0.717) is 5.04 Å². The van der Waals surface area contributed by atoms with E-state index in [1.807, 2.05) is 6.07 Å². The molecule has 1 N–H and O–H groups in total. The van der Waals surface area contributed by atoms with E-state index in [2.05, 4.69) is 64.2 Å². The van der Waals surface area contributed by atoms with Gasteiger partial charge in [-0.3, -0.25) is 0 Å². The van der Waals surface area contributed by atoms with Gasteiger partial charge < -0.3 is 9.53 Å². The summed E-state index contributed by atoms with van der Waals surface area (Å²) in [6, 6.07) is 13.0. The fourth-order valence-electron chi connectivity index (χ4n) is 3.46. The minimum absolute atomic E-state index is 0.114. The number of aliphatic hydroxyl groups is 1. The summed E-state index contributed by atoms with van der Waals surface area (Å²) in [5, 5.41) is 12.1. The summed E-state index contributed by atoms with van der Waals surface area (Å²) < 4.78 is 6.26. The maximum absolute atomic E-state index is 9.32. The predicted octanol–water partition coefficient (Wildman–Crippen LogP) is 7.63. The molecule has 0 radical (unpaired) electrons. The monoisotopic (exact) mass is 414 g/mol. The van der Waals surface area contributed by atoms with Gasteiger partial charge in [0.15, 0.2) is 8.32 Å². The Morgan fingerprint density at radius 3 is 1.93 bits per heavy atom. The molecule has 0 saturated heterocycles. The van der Waals surface area contributed by atoms with E-state index in [1.54, 1.807) is 0 Å². The van der Waals surface area contributed by atoms with Gasteiger partial charge in [0.2, 0.25) is 0 Å². The van der Waals surface area contributed by atoms with E-state index < -0.39 is 8.32 Å². The van der Waals surface area contributed by atoms with Crippen molar-refractivity contribution in [1.29, 1.82) is 0 Å². The van der Waals surface area contributed by atoms with Crippen molar-refractivity contribution in [3.05, 3.63) is 47.5 Å². The smallest absolute Gasteiger partial charge is 0.191 e. The molecule has 0 aliphatic carbocycles. The van der Waals surface area contributed by atoms with Crippen LogP contribution in [0.5, 0.6) is 0 Å². The first-order chi connectivity index (χ1) is 13.7. The molecule has 0 saturated carbocycles. The molecule has 0 atom stereocenters. The molecule has 0 unspecified atom stereocenters. The average Bonchev–Trinajstić information content (AvgIpc) is 2.67. The van der Waals surface area contributed by atoms with Crippen LogP contribution >= 0.6 is 0 Å². The van der Waals surface area contributed by atoms with E-state index >= 15 is 0 Å². The van der Waals surface area contributed by atoms with Gasteiger partial charge in [0.05, 0.1) is 6.61 Å². The molecule has 0 aliphatic heterocycles. The quantitative estimate of drug-likeness (QED) is 0.286. The van der Waals surface area contributed by atoms with Gasteiger partial charge in [-0.15, -0.1) is 0 Å². The van der Waals surface area contributed by atoms with Crippen LogP contribution in [-0.2, 0) is 17.5 Å². The van der Waals surface area contributed by atoms with Crippen LogP contribution in [0.15, 0.2) is 36.4 Å². The summed E-state index contributed by atoms with van der Waals surface area (Å²) in [6.07, 6.45) is 10.3. The van der Waals surface area contributed by atoms with Crippen LogP contribution in [0.25, 0.3) is 10.8 Å². The maximum Gasteiger partial charge on any atom is 0.191 e. The van der Waals surface area contributed by atoms with Gasteiger partial charge in [-0.1, -0.05) is 83.2 Å². The van der Waals surface area contributed by atoms with E-state index in [0.717, 1.165) is 18.6 Å². The number of benzene rings is 2. The lowest BCUT2D eigenvalue weighted by molar-refractivity contribution is 0.277. The molecule has 162 valence electrons. The van der Waals surface area contributed by atoms with Crippen molar-refractivity contribution in [1.82, 2.24) is 0 Å². The highest BCUT2D eigenvalue weighted by Gasteiger charge is 2.36. The topological polar surface area (TPSA) is 29.5 Å². The summed E-state index contributed by atoms with van der Waals surface area (Å²) in [5.41, 5.74) is 2.40. The summed E-state index contributed by atoms with van der Waals surface area (Å²) >= 11 is 0. The third kappa shape index (κ3) is 7.88. The molecule has 0 fully saturated rings. The van der Waals surface area contributed by atoms with Gasteiger partial charge in [0, 0.05) is 6.61 Å². The highest BCUT2D eigenvalue weighted by molar-refractivity contribution is 6.74. The SMILES string of the molecule is CC(C)(C)[Si](C)(C)OCCCCCCCCCc1ccc2ccc(CO)cc2c1. The van der Waals surface area contributed by atoms with Crippen molar-refractivity contribution in [2.24, 2.45) is 0 Å². The lowest BCUT2D eigenvalue weighted by Gasteiger charge is -2.36. The Morgan fingerprint density at radius 2 is 1.31 bits per heavy atom. The summed E-state index contributed by atoms with van der Waals surface area (Å²) in [7, 11) is -1.56. The van der Waals surface area contributed by atoms with Crippen molar-refractivity contribution in [3.63, 3.8) is 0 Å². The third-order valence-electron chi connectivity index (χ3n) is 6.53. The van der Waals surface area contributed by atoms with Gasteiger partial charge >= 0.3 is 0 Å². The molecule has 3 heteroatoms. The third-order valence-corrected chi connectivity index (χ3v) is 11.1. The Hall–Kier alpha value is -1.16. The number of unbranched alkanes of at least 4 members (excludes halogenated alkanes) is 6. The van der Waals surface area contributed by atoms with Gasteiger partial charge in [-0.05, 0) is 65.4 Å². The number of aliphatic hydroxyl groups excluding tert-OH is 1. The number of fused-ring (bicyclic) bond motifs is 1. The zero-order valence-corrected chi connectivity index (χ0v) is 20.4. The van der Waals surface area contributed by atoms with Crippen molar-refractivity contribution in [2.75, 3.05) is 6.61 Å². The van der Waals surface area contributed by atoms with Crippen LogP contribution in [0.3, 0.4) is 0 Å². The fraction of sp³-hybridized carbons (Fsp3) is 0.615. The zero-order valence-electron chi connectivity index (χ0n) is 19.4. The van der Waals surface area contributed by atoms with E-state index in [9.17, 15) is 5.11 Å². The van der Waals surface area contributed by atoms with E-state index in [1.165, 1.54) is 61.3 Å². The van der Waals surface area contributed by atoms with Crippen molar-refractivity contribution in [2.45, 2.75) is 96.9 Å². The number of hydrogen-bond acceptors (Lipinski definition) is 2. The van der Waals surface area contributed by atoms with Crippen LogP contribution in [0.1, 0.15) is 76.8 Å². The Bertz CT molecular complexity index is 746. The predicted molar refractivity (Wildman–Crippen MR) is 129 cm³/mol. The Labute approximate surface area is 179 Å². The Balaban J connectivity index is 1.56. The molecule has 0 amide bonds. The van der Waals surface area contributed by atoms with Crippen molar-refractivity contribution >= 4 is 19.1 Å². The first-order valence-electron chi connectivity index (χ1n) is 11.5. The molecular formula is C26H42O2Si. The second-order valence-electron chi connectivity index (χ2n) is 10.0. The Morgan fingerprint density at radius 1 is 0.759 bits per heavy atom. The highest BCUT2D eigenvalue weighted by atomic mass is 28.4. The lowest BCUT2D eigenvalue weighted by Crippen LogP contribution is -2.40. The van der Waals surface area contributed by atoms with Gasteiger partial charge in [0.25, 0.3) is 0 Å². The zero-order chi connectivity index (χ0) is 21.3. The normalized spacial score (nSPS) is 12.6. The molecule has 2 rings (SSSR count). The Kier molecular flexibility index (Phi) is 9.38. The van der Waals surface area contributed by atoms with Gasteiger partial charge in [-0.25, -0.2) is 0 Å². The first kappa shape index (κ1) is 24.1. The second kappa shape index (κ2) is 11.3. The highest BCUT2D eigenvalue weighted by Crippen LogP contribution is 2.36. The second-order valence-corrected chi connectivity index (χ2v) is 14.8. The van der Waals surface area contributed by atoms with Crippen LogP contribution in [0, 0.1) is 0 Å². The van der Waals surface area contributed by atoms with E-state index in [4.69, 9.17) is 4.43 Å². The maximum atomic E-state index is 9.32. The van der Waals surface area contributed by atoms with Gasteiger partial charge in [0.1, 0.15) is 0 Å². The first-order valence-corrected chi connectivity index (χ1v) is 14.4. The fourth-order valence-corrected chi connectivity index (χ4v) is 4.55. The molecule has 29 heavy (non-hydrogen) atoms. The summed E-state index contributed by atoms with van der Waals surface area (Å²) in [5.74, 6) is 0. The lowest BCUT2D eigenvalue weighted by atomic mass is 10.0. The molecule has 0 aliphatic rings. The summed E-state index contributed by atoms with van der Waals surface area (Å²) in [6.45, 7) is 12.7. The largest absolute Gasteiger partial charge is 0.417 e. The molecule has 0 aromatic heterocycles.